The van der Waals surface area contributed by atoms with Crippen molar-refractivity contribution >= 4 is 29.3 Å². The molecule has 0 bridgehead atoms. The van der Waals surface area contributed by atoms with Crippen molar-refractivity contribution in [3.63, 3.8) is 0 Å². The normalized spacial score (nSPS) is 21.2. The molecule has 2 amide bonds. The highest BCUT2D eigenvalue weighted by atomic mass is 32.2. The lowest BCUT2D eigenvalue weighted by Crippen LogP contribution is -2.48. The van der Waals surface area contributed by atoms with E-state index in [2.05, 4.69) is 10.2 Å². The molecule has 2 fully saturated rings. The minimum atomic E-state index is -0.254. The van der Waals surface area contributed by atoms with Crippen molar-refractivity contribution in [1.29, 1.82) is 0 Å². The van der Waals surface area contributed by atoms with Gasteiger partial charge in [-0.3, -0.25) is 9.59 Å². The number of amides is 2. The van der Waals surface area contributed by atoms with E-state index in [4.69, 9.17) is 4.74 Å². The van der Waals surface area contributed by atoms with Crippen LogP contribution in [0.4, 0.5) is 5.69 Å². The number of rotatable bonds is 4. The largest absolute Gasteiger partial charge is 0.487 e. The highest BCUT2D eigenvalue weighted by Crippen LogP contribution is 2.23. The Balaban J connectivity index is 1.29. The molecule has 156 valence electrons. The zero-order valence-electron chi connectivity index (χ0n) is 16.8. The summed E-state index contributed by atoms with van der Waals surface area (Å²) < 4.78 is 5.37. The van der Waals surface area contributed by atoms with Crippen molar-refractivity contribution in [3.05, 3.63) is 41.0 Å². The molecule has 1 N–H and O–H groups in total. The Morgan fingerprint density at radius 3 is 2.38 bits per heavy atom. The second kappa shape index (κ2) is 9.67. The molecular weight excluding hydrogens is 386 g/mol. The number of hydrogen-bond acceptors (Lipinski definition) is 5. The zero-order valence-corrected chi connectivity index (χ0v) is 17.6. The maximum absolute atomic E-state index is 12.9. The van der Waals surface area contributed by atoms with Gasteiger partial charge in [0.1, 0.15) is 0 Å². The van der Waals surface area contributed by atoms with E-state index >= 15 is 0 Å². The van der Waals surface area contributed by atoms with Crippen molar-refractivity contribution in [2.45, 2.75) is 38.1 Å². The summed E-state index contributed by atoms with van der Waals surface area (Å²) in [5, 5.41) is 4.56. The highest BCUT2D eigenvalue weighted by molar-refractivity contribution is 8.02. The molecule has 0 spiro atoms. The van der Waals surface area contributed by atoms with Crippen molar-refractivity contribution in [1.82, 2.24) is 9.80 Å². The second-order valence-electron chi connectivity index (χ2n) is 7.85. The van der Waals surface area contributed by atoms with E-state index in [1.807, 2.05) is 4.90 Å². The molecule has 1 aromatic rings. The maximum atomic E-state index is 12.9. The minimum absolute atomic E-state index is 0.0784. The van der Waals surface area contributed by atoms with Gasteiger partial charge < -0.3 is 19.9 Å². The van der Waals surface area contributed by atoms with E-state index < -0.39 is 0 Å². The van der Waals surface area contributed by atoms with E-state index in [0.717, 1.165) is 31.7 Å². The van der Waals surface area contributed by atoms with E-state index in [-0.39, 0.29) is 11.8 Å². The fourth-order valence-corrected chi connectivity index (χ4v) is 4.90. The lowest BCUT2D eigenvalue weighted by atomic mass is 9.99. The molecule has 2 saturated heterocycles. The first-order valence-electron chi connectivity index (χ1n) is 10.6. The number of carbonyl (C=O) groups excluding carboxylic acids is 2. The van der Waals surface area contributed by atoms with Crippen LogP contribution in [0.5, 0.6) is 0 Å². The average molecular weight is 416 g/mol. The van der Waals surface area contributed by atoms with Crippen LogP contribution in [0.3, 0.4) is 0 Å². The summed E-state index contributed by atoms with van der Waals surface area (Å²) in [6.45, 7) is 4.62. The quantitative estimate of drug-likeness (QED) is 0.817. The summed E-state index contributed by atoms with van der Waals surface area (Å²) in [5.74, 6) is 1.03. The molecule has 0 atom stereocenters. The molecule has 29 heavy (non-hydrogen) atoms. The van der Waals surface area contributed by atoms with Crippen molar-refractivity contribution in [2.75, 3.05) is 43.9 Å². The molecular formula is C22H29N3O3S. The van der Waals surface area contributed by atoms with Gasteiger partial charge in [0.2, 0.25) is 0 Å². The molecule has 4 rings (SSSR count). The Labute approximate surface area is 176 Å². The van der Waals surface area contributed by atoms with Crippen LogP contribution < -0.4 is 5.32 Å². The van der Waals surface area contributed by atoms with Crippen LogP contribution in [0, 0.1) is 0 Å². The minimum Gasteiger partial charge on any atom is -0.487 e. The summed E-state index contributed by atoms with van der Waals surface area (Å²) in [5.41, 5.74) is 1.33. The van der Waals surface area contributed by atoms with Crippen LogP contribution in [0.25, 0.3) is 0 Å². The van der Waals surface area contributed by atoms with Crippen LogP contribution in [0.15, 0.2) is 35.4 Å². The van der Waals surface area contributed by atoms with E-state index in [9.17, 15) is 9.59 Å². The number of nitrogens with one attached hydrogen (secondary N) is 1. The number of ether oxygens (including phenoxy) is 1. The summed E-state index contributed by atoms with van der Waals surface area (Å²) in [4.78, 5) is 29.6. The molecule has 1 aromatic carbocycles. The third-order valence-electron chi connectivity index (χ3n) is 5.92. The molecule has 0 aromatic heterocycles. The number of anilines is 1. The number of piperidine rings is 2. The lowest BCUT2D eigenvalue weighted by molar-refractivity contribution is -0.116. The molecule has 3 heterocycles. The van der Waals surface area contributed by atoms with Crippen LogP contribution in [-0.2, 0) is 9.53 Å². The number of benzene rings is 1. The molecule has 3 aliphatic heterocycles. The predicted molar refractivity (Wildman–Crippen MR) is 116 cm³/mol. The summed E-state index contributed by atoms with van der Waals surface area (Å²) in [7, 11) is 0. The first-order valence-corrected chi connectivity index (χ1v) is 11.6. The monoisotopic (exact) mass is 415 g/mol. The maximum Gasteiger partial charge on any atom is 0.291 e. The average Bonchev–Trinajstić information content (AvgIpc) is 2.80. The Morgan fingerprint density at radius 2 is 1.72 bits per heavy atom. The number of likely N-dealkylation sites (tertiary alicyclic amines) is 2. The van der Waals surface area contributed by atoms with Crippen LogP contribution in [0.2, 0.25) is 0 Å². The molecule has 0 unspecified atom stereocenters. The van der Waals surface area contributed by atoms with Crippen molar-refractivity contribution in [2.24, 2.45) is 0 Å². The van der Waals surface area contributed by atoms with Gasteiger partial charge in [-0.15, -0.1) is 11.8 Å². The van der Waals surface area contributed by atoms with E-state index in [0.29, 0.717) is 29.7 Å². The SMILES string of the molecule is O=C(Nc1ccc(C(=O)N2CCC(N3CCCCC3)CC2)cc1)C1=CSCCO1. The van der Waals surface area contributed by atoms with Gasteiger partial charge in [-0.25, -0.2) is 0 Å². The van der Waals surface area contributed by atoms with Gasteiger partial charge in [-0.05, 0) is 63.0 Å². The zero-order chi connectivity index (χ0) is 20.1. The molecule has 6 nitrogen and oxygen atoms in total. The number of thioether (sulfide) groups is 1. The van der Waals surface area contributed by atoms with Gasteiger partial charge in [0.25, 0.3) is 11.8 Å². The number of hydrogen-bond donors (Lipinski definition) is 1. The van der Waals surface area contributed by atoms with Gasteiger partial charge in [-0.2, -0.15) is 0 Å². The first-order chi connectivity index (χ1) is 14.2. The predicted octanol–water partition coefficient (Wildman–Crippen LogP) is 3.32. The summed E-state index contributed by atoms with van der Waals surface area (Å²) in [6.07, 6.45) is 6.10. The first kappa shape index (κ1) is 20.3. The van der Waals surface area contributed by atoms with Crippen LogP contribution >= 0.6 is 11.8 Å². The van der Waals surface area contributed by atoms with E-state index in [1.165, 1.54) is 32.4 Å². The smallest absolute Gasteiger partial charge is 0.291 e. The molecule has 0 radical (unpaired) electrons. The van der Waals surface area contributed by atoms with Crippen molar-refractivity contribution < 1.29 is 14.3 Å². The Hall–Kier alpha value is -1.99. The van der Waals surface area contributed by atoms with E-state index in [1.54, 1.807) is 41.4 Å². The molecule has 0 saturated carbocycles. The Kier molecular flexibility index (Phi) is 6.77. The third-order valence-corrected chi connectivity index (χ3v) is 6.70. The van der Waals surface area contributed by atoms with Gasteiger partial charge in [0, 0.05) is 41.5 Å². The Morgan fingerprint density at radius 1 is 1.00 bits per heavy atom. The van der Waals surface area contributed by atoms with Gasteiger partial charge in [-0.1, -0.05) is 6.42 Å². The number of carbonyl (C=O) groups is 2. The second-order valence-corrected chi connectivity index (χ2v) is 8.83. The summed E-state index contributed by atoms with van der Waals surface area (Å²) in [6, 6.07) is 7.77. The van der Waals surface area contributed by atoms with Crippen LogP contribution in [0.1, 0.15) is 42.5 Å². The highest BCUT2D eigenvalue weighted by Gasteiger charge is 2.28. The van der Waals surface area contributed by atoms with Crippen LogP contribution in [-0.4, -0.2) is 66.2 Å². The Bertz CT molecular complexity index is 751. The van der Waals surface area contributed by atoms with Gasteiger partial charge in [0.05, 0.1) is 6.61 Å². The lowest BCUT2D eigenvalue weighted by Gasteiger charge is -2.40. The molecule has 7 heteroatoms. The standard InChI is InChI=1S/C22H29N3O3S/c26-21(20-16-29-15-14-28-20)23-18-6-4-17(5-7-18)22(27)25-12-8-19(9-13-25)24-10-2-1-3-11-24/h4-7,16,19H,1-3,8-15H2,(H,23,26). The topological polar surface area (TPSA) is 61.9 Å². The fourth-order valence-electron chi connectivity index (χ4n) is 4.28. The molecule has 0 aliphatic carbocycles. The van der Waals surface area contributed by atoms with Gasteiger partial charge >= 0.3 is 0 Å². The van der Waals surface area contributed by atoms with Crippen molar-refractivity contribution in [3.8, 4) is 0 Å². The fraction of sp³-hybridized carbons (Fsp3) is 0.545. The summed E-state index contributed by atoms with van der Waals surface area (Å²) >= 11 is 1.57. The molecule has 3 aliphatic rings. The number of nitrogens with zero attached hydrogens (tertiary/aromatic N) is 2. The van der Waals surface area contributed by atoms with Gasteiger partial charge in [0.15, 0.2) is 5.76 Å². The third kappa shape index (κ3) is 5.14.